The fourth-order valence-corrected chi connectivity index (χ4v) is 3.38. The van der Waals surface area contributed by atoms with Crippen LogP contribution in [0.1, 0.15) is 37.8 Å². The molecule has 0 radical (unpaired) electrons. The summed E-state index contributed by atoms with van der Waals surface area (Å²) < 4.78 is 5.68. The van der Waals surface area contributed by atoms with Gasteiger partial charge < -0.3 is 4.74 Å². The van der Waals surface area contributed by atoms with E-state index in [4.69, 9.17) is 16.3 Å². The lowest BCUT2D eigenvalue weighted by atomic mass is 10.1. The first-order valence-electron chi connectivity index (χ1n) is 9.08. The molecule has 6 heteroatoms. The molecule has 0 atom stereocenters. The van der Waals surface area contributed by atoms with Crippen LogP contribution in [0.15, 0.2) is 52.5 Å². The summed E-state index contributed by atoms with van der Waals surface area (Å²) in [6, 6.07) is 13.3. The maximum Gasteiger partial charge on any atom is 0.244 e. The van der Waals surface area contributed by atoms with E-state index in [1.165, 1.54) is 0 Å². The Kier molecular flexibility index (Phi) is 9.22. The first kappa shape index (κ1) is 21.3. The predicted octanol–water partition coefficient (Wildman–Crippen LogP) is 5.32. The zero-order valence-electron chi connectivity index (χ0n) is 15.7. The molecule has 0 unspecified atom stereocenters. The van der Waals surface area contributed by atoms with E-state index in [2.05, 4.69) is 24.4 Å². The third kappa shape index (κ3) is 7.65. The molecule has 2 aromatic carbocycles. The quantitative estimate of drug-likeness (QED) is 0.252. The summed E-state index contributed by atoms with van der Waals surface area (Å²) in [7, 11) is 0. The van der Waals surface area contributed by atoms with Crippen LogP contribution < -0.4 is 10.2 Å². The van der Waals surface area contributed by atoms with Crippen molar-refractivity contribution in [2.75, 3.05) is 12.4 Å². The Morgan fingerprint density at radius 1 is 1.26 bits per heavy atom. The summed E-state index contributed by atoms with van der Waals surface area (Å²) in [5.74, 6) is 1.56. The van der Waals surface area contributed by atoms with Gasteiger partial charge >= 0.3 is 0 Å². The standard InChI is InChI=1S/C21H25ClN2O2S/c1-3-5-11-26-19-8-6-7-16(12-19)15-23-24-21(25)14-17-13-18(22)9-10-20(17)27-4-2/h6-10,12-13,15H,3-5,11,14H2,1-2H3,(H,24,25)/b23-15-. The number of thioether (sulfide) groups is 1. The number of unbranched alkanes of at least 4 members (excludes halogenated alkanes) is 1. The molecule has 1 N–H and O–H groups in total. The number of amides is 1. The van der Waals surface area contributed by atoms with Gasteiger partial charge in [0, 0.05) is 9.92 Å². The molecule has 0 spiro atoms. The number of rotatable bonds is 10. The fraction of sp³-hybridized carbons (Fsp3) is 0.333. The maximum atomic E-state index is 12.2. The number of benzene rings is 2. The molecule has 0 fully saturated rings. The highest BCUT2D eigenvalue weighted by atomic mass is 35.5. The van der Waals surface area contributed by atoms with E-state index in [1.807, 2.05) is 42.5 Å². The summed E-state index contributed by atoms with van der Waals surface area (Å²) >= 11 is 7.75. The second kappa shape index (κ2) is 11.7. The summed E-state index contributed by atoms with van der Waals surface area (Å²) in [6.45, 7) is 4.90. The number of carbonyl (C=O) groups is 1. The molecule has 0 bridgehead atoms. The third-order valence-corrected chi connectivity index (χ3v) is 4.93. The van der Waals surface area contributed by atoms with Crippen LogP contribution in [0, 0.1) is 0 Å². The fourth-order valence-electron chi connectivity index (χ4n) is 2.39. The lowest BCUT2D eigenvalue weighted by molar-refractivity contribution is -0.120. The number of ether oxygens (including phenoxy) is 1. The van der Waals surface area contributed by atoms with Gasteiger partial charge in [0.15, 0.2) is 0 Å². The number of nitrogens with zero attached hydrogens (tertiary/aromatic N) is 1. The molecule has 0 saturated heterocycles. The second-order valence-corrected chi connectivity index (χ2v) is 7.67. The molecule has 0 aromatic heterocycles. The average molecular weight is 405 g/mol. The van der Waals surface area contributed by atoms with Crippen molar-refractivity contribution < 1.29 is 9.53 Å². The van der Waals surface area contributed by atoms with Crippen molar-refractivity contribution in [3.05, 3.63) is 58.6 Å². The molecular weight excluding hydrogens is 380 g/mol. The SMILES string of the molecule is CCCCOc1cccc(/C=N\NC(=O)Cc2cc(Cl)ccc2SCC)c1. The Labute approximate surface area is 170 Å². The largest absolute Gasteiger partial charge is 0.494 e. The topological polar surface area (TPSA) is 50.7 Å². The Balaban J connectivity index is 1.92. The molecule has 2 rings (SSSR count). The molecule has 0 aliphatic rings. The minimum Gasteiger partial charge on any atom is -0.494 e. The molecule has 144 valence electrons. The van der Waals surface area contributed by atoms with Crippen molar-refractivity contribution in [2.24, 2.45) is 5.10 Å². The summed E-state index contributed by atoms with van der Waals surface area (Å²) in [6.07, 6.45) is 3.97. The zero-order valence-corrected chi connectivity index (χ0v) is 17.3. The molecule has 2 aromatic rings. The van der Waals surface area contributed by atoms with Crippen molar-refractivity contribution in [2.45, 2.75) is 38.0 Å². The molecule has 0 saturated carbocycles. The van der Waals surface area contributed by atoms with E-state index in [0.717, 1.165) is 40.4 Å². The van der Waals surface area contributed by atoms with Crippen LogP contribution in [0.25, 0.3) is 0 Å². The number of hydrazone groups is 1. The van der Waals surface area contributed by atoms with Crippen molar-refractivity contribution in [1.82, 2.24) is 5.43 Å². The summed E-state index contributed by atoms with van der Waals surface area (Å²) in [5, 5.41) is 4.68. The Morgan fingerprint density at radius 2 is 2.11 bits per heavy atom. The molecular formula is C21H25ClN2O2S. The van der Waals surface area contributed by atoms with Crippen LogP contribution in [0.4, 0.5) is 0 Å². The van der Waals surface area contributed by atoms with Gasteiger partial charge in [0.1, 0.15) is 5.75 Å². The van der Waals surface area contributed by atoms with Gasteiger partial charge in [-0.1, -0.05) is 44.0 Å². The Hall–Kier alpha value is -1.98. The Bertz CT molecular complexity index is 781. The van der Waals surface area contributed by atoms with Crippen LogP contribution in [-0.2, 0) is 11.2 Å². The normalized spacial score (nSPS) is 10.9. The van der Waals surface area contributed by atoms with Crippen LogP contribution in [0.5, 0.6) is 5.75 Å². The van der Waals surface area contributed by atoms with Gasteiger partial charge in [-0.3, -0.25) is 4.79 Å². The van der Waals surface area contributed by atoms with Crippen LogP contribution in [-0.4, -0.2) is 24.5 Å². The van der Waals surface area contributed by atoms with E-state index in [9.17, 15) is 4.79 Å². The molecule has 27 heavy (non-hydrogen) atoms. The number of hydrogen-bond donors (Lipinski definition) is 1. The first-order chi connectivity index (χ1) is 13.1. The lowest BCUT2D eigenvalue weighted by Crippen LogP contribution is -2.20. The molecule has 1 amide bonds. The lowest BCUT2D eigenvalue weighted by Gasteiger charge is -2.08. The molecule has 0 heterocycles. The molecule has 0 aliphatic heterocycles. The minimum atomic E-state index is -0.179. The number of carbonyl (C=O) groups excluding carboxylic acids is 1. The molecule has 0 aliphatic carbocycles. The van der Waals surface area contributed by atoms with Gasteiger partial charge in [-0.15, -0.1) is 11.8 Å². The van der Waals surface area contributed by atoms with Gasteiger partial charge in [0.05, 0.1) is 19.2 Å². The van der Waals surface area contributed by atoms with E-state index < -0.39 is 0 Å². The van der Waals surface area contributed by atoms with Gasteiger partial charge in [-0.05, 0) is 53.6 Å². The van der Waals surface area contributed by atoms with Crippen molar-refractivity contribution in [1.29, 1.82) is 0 Å². The first-order valence-corrected chi connectivity index (χ1v) is 10.4. The number of halogens is 1. The predicted molar refractivity (Wildman–Crippen MR) is 114 cm³/mol. The van der Waals surface area contributed by atoms with Gasteiger partial charge in [-0.25, -0.2) is 5.43 Å². The highest BCUT2D eigenvalue weighted by Crippen LogP contribution is 2.26. The van der Waals surface area contributed by atoms with Crippen molar-refractivity contribution in [3.63, 3.8) is 0 Å². The Morgan fingerprint density at radius 3 is 2.89 bits per heavy atom. The second-order valence-electron chi connectivity index (χ2n) is 5.93. The molecule has 4 nitrogen and oxygen atoms in total. The van der Waals surface area contributed by atoms with Crippen LogP contribution in [0.2, 0.25) is 5.02 Å². The smallest absolute Gasteiger partial charge is 0.244 e. The van der Waals surface area contributed by atoms with Crippen LogP contribution in [0.3, 0.4) is 0 Å². The highest BCUT2D eigenvalue weighted by molar-refractivity contribution is 7.99. The van der Waals surface area contributed by atoms with E-state index in [0.29, 0.717) is 11.6 Å². The van der Waals surface area contributed by atoms with Crippen molar-refractivity contribution in [3.8, 4) is 5.75 Å². The number of nitrogens with one attached hydrogen (secondary N) is 1. The highest BCUT2D eigenvalue weighted by Gasteiger charge is 2.08. The third-order valence-electron chi connectivity index (χ3n) is 3.70. The zero-order chi connectivity index (χ0) is 19.5. The minimum absolute atomic E-state index is 0.179. The average Bonchev–Trinajstić information content (AvgIpc) is 2.65. The monoisotopic (exact) mass is 404 g/mol. The summed E-state index contributed by atoms with van der Waals surface area (Å²) in [5.41, 5.74) is 4.36. The number of hydrogen-bond acceptors (Lipinski definition) is 4. The summed E-state index contributed by atoms with van der Waals surface area (Å²) in [4.78, 5) is 13.3. The van der Waals surface area contributed by atoms with Gasteiger partial charge in [-0.2, -0.15) is 5.10 Å². The van der Waals surface area contributed by atoms with E-state index in [1.54, 1.807) is 18.0 Å². The van der Waals surface area contributed by atoms with Crippen LogP contribution >= 0.6 is 23.4 Å². The van der Waals surface area contributed by atoms with E-state index in [-0.39, 0.29) is 12.3 Å². The van der Waals surface area contributed by atoms with Gasteiger partial charge in [0.25, 0.3) is 0 Å². The van der Waals surface area contributed by atoms with Crippen molar-refractivity contribution >= 4 is 35.5 Å². The maximum absolute atomic E-state index is 12.2. The van der Waals surface area contributed by atoms with E-state index >= 15 is 0 Å². The van der Waals surface area contributed by atoms with Gasteiger partial charge in [0.2, 0.25) is 5.91 Å².